The standard InChI is InChI=1S/C18H26N4O4/c1-5-13(3)21-25-17(23)19-11-15-8-7-9-16(10-15)12-20-18(24)26-22-14(4)6-2/h7-10H,5-6,11-12H2,1-4H3,(H,19,23)(H,20,24)/b21-13-,22-14-. The van der Waals surface area contributed by atoms with Crippen molar-refractivity contribution in [1.82, 2.24) is 10.6 Å². The third-order valence-corrected chi connectivity index (χ3v) is 3.46. The Bertz CT molecular complexity index is 618. The van der Waals surface area contributed by atoms with E-state index in [4.69, 9.17) is 9.68 Å². The Morgan fingerprint density at radius 2 is 1.31 bits per heavy atom. The molecule has 0 aromatic heterocycles. The quantitative estimate of drug-likeness (QED) is 0.418. The normalized spacial score (nSPS) is 11.7. The second-order valence-corrected chi connectivity index (χ2v) is 5.64. The fraction of sp³-hybridized carbons (Fsp3) is 0.444. The van der Waals surface area contributed by atoms with Crippen LogP contribution in [-0.2, 0) is 22.8 Å². The summed E-state index contributed by atoms with van der Waals surface area (Å²) in [5.41, 5.74) is 3.20. The van der Waals surface area contributed by atoms with Crippen LogP contribution < -0.4 is 10.6 Å². The molecule has 2 N–H and O–H groups in total. The van der Waals surface area contributed by atoms with Gasteiger partial charge in [0.25, 0.3) is 0 Å². The second-order valence-electron chi connectivity index (χ2n) is 5.64. The van der Waals surface area contributed by atoms with E-state index >= 15 is 0 Å². The molecule has 8 heteroatoms. The number of hydrogen-bond donors (Lipinski definition) is 2. The maximum atomic E-state index is 11.6. The molecule has 0 radical (unpaired) electrons. The summed E-state index contributed by atoms with van der Waals surface area (Å²) in [6, 6.07) is 7.42. The molecule has 0 heterocycles. The number of carbonyl (C=O) groups excluding carboxylic acids is 2. The van der Waals surface area contributed by atoms with Gasteiger partial charge in [-0.3, -0.25) is 9.68 Å². The van der Waals surface area contributed by atoms with Crippen molar-refractivity contribution in [2.45, 2.75) is 53.6 Å². The van der Waals surface area contributed by atoms with Crippen molar-refractivity contribution in [3.05, 3.63) is 35.4 Å². The number of amides is 2. The van der Waals surface area contributed by atoms with Gasteiger partial charge < -0.3 is 10.6 Å². The van der Waals surface area contributed by atoms with Crippen LogP contribution in [0.2, 0.25) is 0 Å². The number of rotatable bonds is 8. The molecule has 2 amide bonds. The molecule has 0 unspecified atom stereocenters. The van der Waals surface area contributed by atoms with E-state index in [1.54, 1.807) is 13.8 Å². The summed E-state index contributed by atoms with van der Waals surface area (Å²) in [6.07, 6.45) is 0.199. The van der Waals surface area contributed by atoms with Gasteiger partial charge >= 0.3 is 12.2 Å². The van der Waals surface area contributed by atoms with Gasteiger partial charge in [-0.1, -0.05) is 48.4 Å². The van der Waals surface area contributed by atoms with Crippen LogP contribution >= 0.6 is 0 Å². The Morgan fingerprint density at radius 3 is 1.69 bits per heavy atom. The van der Waals surface area contributed by atoms with Gasteiger partial charge in [-0.05, 0) is 37.8 Å². The number of benzene rings is 1. The van der Waals surface area contributed by atoms with Crippen molar-refractivity contribution in [2.75, 3.05) is 0 Å². The first-order valence-electron chi connectivity index (χ1n) is 8.49. The number of carbonyl (C=O) groups is 2. The van der Waals surface area contributed by atoms with Gasteiger partial charge in [0.15, 0.2) is 0 Å². The third-order valence-electron chi connectivity index (χ3n) is 3.46. The summed E-state index contributed by atoms with van der Waals surface area (Å²) in [5, 5.41) is 12.6. The van der Waals surface area contributed by atoms with E-state index in [2.05, 4.69) is 20.9 Å². The Hall–Kier alpha value is -2.90. The number of nitrogens with one attached hydrogen (secondary N) is 2. The lowest BCUT2D eigenvalue weighted by atomic mass is 10.1. The molecule has 0 spiro atoms. The molecule has 1 aromatic carbocycles. The van der Waals surface area contributed by atoms with Gasteiger partial charge in [0.1, 0.15) is 0 Å². The molecule has 0 aliphatic carbocycles. The minimum absolute atomic E-state index is 0.289. The van der Waals surface area contributed by atoms with Crippen molar-refractivity contribution in [3.63, 3.8) is 0 Å². The average molecular weight is 362 g/mol. The lowest BCUT2D eigenvalue weighted by molar-refractivity contribution is 0.149. The molecule has 26 heavy (non-hydrogen) atoms. The van der Waals surface area contributed by atoms with Crippen LogP contribution in [0, 0.1) is 0 Å². The van der Waals surface area contributed by atoms with E-state index < -0.39 is 12.2 Å². The molecule has 1 rings (SSSR count). The molecule has 8 nitrogen and oxygen atoms in total. The van der Waals surface area contributed by atoms with Gasteiger partial charge in [-0.15, -0.1) is 0 Å². The minimum atomic E-state index is -0.617. The fourth-order valence-corrected chi connectivity index (χ4v) is 1.63. The highest BCUT2D eigenvalue weighted by Gasteiger charge is 2.05. The van der Waals surface area contributed by atoms with Crippen molar-refractivity contribution < 1.29 is 19.3 Å². The lowest BCUT2D eigenvalue weighted by Crippen LogP contribution is -2.23. The minimum Gasteiger partial charge on any atom is -0.316 e. The van der Waals surface area contributed by atoms with Gasteiger partial charge in [-0.2, -0.15) is 0 Å². The van der Waals surface area contributed by atoms with Crippen LogP contribution in [0.5, 0.6) is 0 Å². The van der Waals surface area contributed by atoms with Gasteiger partial charge in [-0.25, -0.2) is 9.59 Å². The van der Waals surface area contributed by atoms with E-state index in [0.29, 0.717) is 12.8 Å². The maximum Gasteiger partial charge on any atom is 0.433 e. The molecule has 0 fully saturated rings. The summed E-state index contributed by atoms with van der Waals surface area (Å²) < 4.78 is 0. The second kappa shape index (κ2) is 11.6. The first kappa shape index (κ1) is 21.1. The van der Waals surface area contributed by atoms with Crippen LogP contribution in [0.3, 0.4) is 0 Å². The van der Waals surface area contributed by atoms with E-state index in [-0.39, 0.29) is 13.1 Å². The van der Waals surface area contributed by atoms with E-state index in [1.165, 1.54) is 0 Å². The summed E-state index contributed by atoms with van der Waals surface area (Å²) in [5.74, 6) is 0. The van der Waals surface area contributed by atoms with Crippen molar-refractivity contribution >= 4 is 23.6 Å². The van der Waals surface area contributed by atoms with Crippen LogP contribution in [0.25, 0.3) is 0 Å². The highest BCUT2D eigenvalue weighted by Crippen LogP contribution is 2.05. The molecule has 0 atom stereocenters. The van der Waals surface area contributed by atoms with Crippen molar-refractivity contribution in [3.8, 4) is 0 Å². The van der Waals surface area contributed by atoms with Crippen LogP contribution in [-0.4, -0.2) is 23.6 Å². The van der Waals surface area contributed by atoms with E-state index in [9.17, 15) is 9.59 Å². The Balaban J connectivity index is 2.45. The smallest absolute Gasteiger partial charge is 0.316 e. The SMILES string of the molecule is CC/C(C)=N\OC(=O)NCc1cccc(CNC(=O)O/N=C(/C)CC)c1. The topological polar surface area (TPSA) is 101 Å². The first-order valence-corrected chi connectivity index (χ1v) is 8.49. The highest BCUT2D eigenvalue weighted by atomic mass is 16.7. The van der Waals surface area contributed by atoms with Crippen LogP contribution in [0.4, 0.5) is 9.59 Å². The summed E-state index contributed by atoms with van der Waals surface area (Å²) in [6.45, 7) is 7.99. The molecule has 142 valence electrons. The molecule has 0 aliphatic heterocycles. The monoisotopic (exact) mass is 362 g/mol. The van der Waals surface area contributed by atoms with Crippen LogP contribution in [0.1, 0.15) is 51.7 Å². The largest absolute Gasteiger partial charge is 0.433 e. The number of oxime groups is 2. The molecule has 0 bridgehead atoms. The van der Waals surface area contributed by atoms with Crippen molar-refractivity contribution in [2.24, 2.45) is 10.3 Å². The number of hydrogen-bond acceptors (Lipinski definition) is 6. The summed E-state index contributed by atoms with van der Waals surface area (Å²) in [4.78, 5) is 32.6. The zero-order valence-corrected chi connectivity index (χ0v) is 15.7. The van der Waals surface area contributed by atoms with Gasteiger partial charge in [0.2, 0.25) is 0 Å². The molecular weight excluding hydrogens is 336 g/mol. The lowest BCUT2D eigenvalue weighted by Gasteiger charge is -2.07. The van der Waals surface area contributed by atoms with Crippen LogP contribution in [0.15, 0.2) is 34.6 Å². The molecule has 1 aromatic rings. The molecule has 0 saturated carbocycles. The third kappa shape index (κ3) is 8.81. The predicted molar refractivity (Wildman–Crippen MR) is 99.9 cm³/mol. The summed E-state index contributed by atoms with van der Waals surface area (Å²) >= 11 is 0. The van der Waals surface area contributed by atoms with Crippen molar-refractivity contribution in [1.29, 1.82) is 0 Å². The molecular formula is C18H26N4O4. The highest BCUT2D eigenvalue weighted by molar-refractivity contribution is 5.82. The van der Waals surface area contributed by atoms with E-state index in [0.717, 1.165) is 22.6 Å². The predicted octanol–water partition coefficient (Wildman–Crippen LogP) is 3.71. The summed E-state index contributed by atoms with van der Waals surface area (Å²) in [7, 11) is 0. The zero-order valence-electron chi connectivity index (χ0n) is 15.7. The maximum absolute atomic E-state index is 11.6. The van der Waals surface area contributed by atoms with E-state index in [1.807, 2.05) is 38.1 Å². The van der Waals surface area contributed by atoms with Gasteiger partial charge in [0, 0.05) is 13.1 Å². The fourth-order valence-electron chi connectivity index (χ4n) is 1.63. The zero-order chi connectivity index (χ0) is 19.4. The Labute approximate surface area is 153 Å². The Kier molecular flexibility index (Phi) is 9.45. The Morgan fingerprint density at radius 1 is 0.885 bits per heavy atom. The van der Waals surface area contributed by atoms with Gasteiger partial charge in [0.05, 0.1) is 11.4 Å². The number of nitrogens with zero attached hydrogens (tertiary/aromatic N) is 2. The average Bonchev–Trinajstić information content (AvgIpc) is 2.67. The first-order chi connectivity index (χ1) is 12.4. The molecule has 0 saturated heterocycles. The molecule has 0 aliphatic rings.